The first-order valence-electron chi connectivity index (χ1n) is 7.11. The lowest BCUT2D eigenvalue weighted by atomic mass is 10.1. The summed E-state index contributed by atoms with van der Waals surface area (Å²) in [5, 5.41) is 18.0. The number of allylic oxidation sites excluding steroid dienone is 1. The third kappa shape index (κ3) is 8.20. The minimum absolute atomic E-state index is 0.0132. The molecule has 8 heteroatoms. The summed E-state index contributed by atoms with van der Waals surface area (Å²) in [5.41, 5.74) is 0.286. The van der Waals surface area contributed by atoms with Gasteiger partial charge in [-0.25, -0.2) is 4.79 Å². The molecule has 0 bridgehead atoms. The Labute approximate surface area is 131 Å². The first-order chi connectivity index (χ1) is 9.96. The molecular formula is C14H26NO6P. The fourth-order valence-corrected chi connectivity index (χ4v) is 4.30. The van der Waals surface area contributed by atoms with Crippen LogP contribution in [-0.2, 0) is 14.2 Å². The van der Waals surface area contributed by atoms with Crippen LogP contribution in [0.25, 0.3) is 0 Å². The van der Waals surface area contributed by atoms with Crippen LogP contribution in [0.15, 0.2) is 11.3 Å². The van der Waals surface area contributed by atoms with Crippen molar-refractivity contribution in [1.82, 2.24) is 4.90 Å². The monoisotopic (exact) mass is 335 g/mol. The minimum Gasteiger partial charge on any atom is -0.481 e. The quantitative estimate of drug-likeness (QED) is 0.413. The minimum atomic E-state index is -3.59. The second-order valence-corrected chi connectivity index (χ2v) is 8.33. The molecule has 0 aromatic carbocycles. The molecular weight excluding hydrogens is 309 g/mol. The molecule has 0 rings (SSSR count). The van der Waals surface area contributed by atoms with E-state index in [4.69, 9.17) is 5.11 Å². The molecule has 0 aromatic heterocycles. The summed E-state index contributed by atoms with van der Waals surface area (Å²) >= 11 is 0. The van der Waals surface area contributed by atoms with E-state index in [1.165, 1.54) is 0 Å². The molecule has 128 valence electrons. The molecule has 0 saturated carbocycles. The van der Waals surface area contributed by atoms with E-state index in [-0.39, 0.29) is 36.9 Å². The summed E-state index contributed by atoms with van der Waals surface area (Å²) < 4.78 is 12.2. The summed E-state index contributed by atoms with van der Waals surface area (Å²) in [5.74, 6) is -2.21. The number of rotatable bonds is 10. The second kappa shape index (κ2) is 8.96. The summed E-state index contributed by atoms with van der Waals surface area (Å²) in [7, 11) is -0.300. The maximum absolute atomic E-state index is 12.2. The van der Waals surface area contributed by atoms with Crippen molar-refractivity contribution in [1.29, 1.82) is 0 Å². The Morgan fingerprint density at radius 2 is 1.68 bits per heavy atom. The van der Waals surface area contributed by atoms with Gasteiger partial charge in [0.15, 0.2) is 0 Å². The Morgan fingerprint density at radius 3 is 2.05 bits per heavy atom. The van der Waals surface area contributed by atoms with Gasteiger partial charge in [0, 0.05) is 32.4 Å². The lowest BCUT2D eigenvalue weighted by Crippen LogP contribution is -2.20. The predicted octanol–water partition coefficient (Wildman–Crippen LogP) is 2.07. The molecule has 0 aliphatic heterocycles. The van der Waals surface area contributed by atoms with Crippen LogP contribution in [0, 0.1) is 5.92 Å². The first-order valence-corrected chi connectivity index (χ1v) is 9.14. The largest absolute Gasteiger partial charge is 0.481 e. The standard InChI is InChI=1S/C14H26NO6P/c1-10(2)8-22(20,21)9-11(14(18)19)12(15(3)4)6-5-7-13(16)17/h10H,5-9H2,1-4H3,(H,16,17)(H,18,19)(H,20,21). The van der Waals surface area contributed by atoms with Crippen LogP contribution in [0.3, 0.4) is 0 Å². The molecule has 0 saturated heterocycles. The Balaban J connectivity index is 5.37. The molecule has 0 aliphatic carbocycles. The summed E-state index contributed by atoms with van der Waals surface area (Å²) in [6, 6.07) is 0. The molecule has 0 aromatic rings. The first kappa shape index (κ1) is 20.7. The maximum atomic E-state index is 12.2. The van der Waals surface area contributed by atoms with Gasteiger partial charge >= 0.3 is 11.9 Å². The molecule has 1 atom stereocenters. The van der Waals surface area contributed by atoms with E-state index in [0.717, 1.165) is 0 Å². The average molecular weight is 335 g/mol. The van der Waals surface area contributed by atoms with E-state index in [2.05, 4.69) is 0 Å². The SMILES string of the molecule is CC(C)CP(=O)(O)CC(C(=O)O)=C(CCCC(=O)O)N(C)C. The highest BCUT2D eigenvalue weighted by Gasteiger charge is 2.27. The average Bonchev–Trinajstić information content (AvgIpc) is 2.29. The van der Waals surface area contributed by atoms with Gasteiger partial charge in [-0.15, -0.1) is 0 Å². The van der Waals surface area contributed by atoms with E-state index in [1.807, 2.05) is 0 Å². The molecule has 0 heterocycles. The molecule has 0 fully saturated rings. The molecule has 7 nitrogen and oxygen atoms in total. The number of nitrogens with zero attached hydrogens (tertiary/aromatic N) is 1. The Bertz CT molecular complexity index is 484. The highest BCUT2D eigenvalue weighted by molar-refractivity contribution is 7.58. The van der Waals surface area contributed by atoms with Crippen LogP contribution in [-0.4, -0.2) is 58.4 Å². The number of carboxylic acid groups (broad SMARTS) is 2. The Hall–Kier alpha value is -1.33. The van der Waals surface area contributed by atoms with Crippen molar-refractivity contribution in [2.24, 2.45) is 5.92 Å². The van der Waals surface area contributed by atoms with Crippen molar-refractivity contribution >= 4 is 19.3 Å². The van der Waals surface area contributed by atoms with E-state index < -0.39 is 25.5 Å². The van der Waals surface area contributed by atoms with Crippen molar-refractivity contribution in [3.05, 3.63) is 11.3 Å². The van der Waals surface area contributed by atoms with E-state index >= 15 is 0 Å². The molecule has 0 amide bonds. The summed E-state index contributed by atoms with van der Waals surface area (Å²) in [4.78, 5) is 33.6. The van der Waals surface area contributed by atoms with Crippen LogP contribution in [0.5, 0.6) is 0 Å². The second-order valence-electron chi connectivity index (χ2n) is 5.95. The van der Waals surface area contributed by atoms with Crippen molar-refractivity contribution in [3.63, 3.8) is 0 Å². The van der Waals surface area contributed by atoms with E-state index in [1.54, 1.807) is 32.8 Å². The van der Waals surface area contributed by atoms with Crippen LogP contribution < -0.4 is 0 Å². The highest BCUT2D eigenvalue weighted by atomic mass is 31.2. The van der Waals surface area contributed by atoms with Gasteiger partial charge in [-0.3, -0.25) is 9.36 Å². The Kier molecular flexibility index (Phi) is 8.41. The molecule has 0 aliphatic rings. The molecule has 1 unspecified atom stereocenters. The van der Waals surface area contributed by atoms with Gasteiger partial charge in [0.25, 0.3) is 0 Å². The van der Waals surface area contributed by atoms with Gasteiger partial charge in [0.1, 0.15) is 0 Å². The molecule has 22 heavy (non-hydrogen) atoms. The molecule has 0 radical (unpaired) electrons. The number of hydrogen-bond acceptors (Lipinski definition) is 4. The lowest BCUT2D eigenvalue weighted by molar-refractivity contribution is -0.137. The number of carboxylic acids is 2. The molecule has 0 spiro atoms. The third-order valence-electron chi connectivity index (χ3n) is 3.01. The lowest BCUT2D eigenvalue weighted by Gasteiger charge is -2.22. The maximum Gasteiger partial charge on any atom is 0.333 e. The van der Waals surface area contributed by atoms with Crippen LogP contribution in [0.2, 0.25) is 0 Å². The Morgan fingerprint density at radius 1 is 1.14 bits per heavy atom. The van der Waals surface area contributed by atoms with Crippen molar-refractivity contribution in [2.45, 2.75) is 33.1 Å². The van der Waals surface area contributed by atoms with Gasteiger partial charge in [-0.05, 0) is 18.8 Å². The van der Waals surface area contributed by atoms with Crippen LogP contribution in [0.4, 0.5) is 0 Å². The van der Waals surface area contributed by atoms with E-state index in [0.29, 0.717) is 5.70 Å². The van der Waals surface area contributed by atoms with Gasteiger partial charge in [-0.2, -0.15) is 0 Å². The normalized spacial score (nSPS) is 15.2. The zero-order valence-corrected chi connectivity index (χ0v) is 14.5. The third-order valence-corrected chi connectivity index (χ3v) is 5.12. The predicted molar refractivity (Wildman–Crippen MR) is 84.2 cm³/mol. The fourth-order valence-electron chi connectivity index (χ4n) is 2.22. The van der Waals surface area contributed by atoms with Gasteiger partial charge in [0.05, 0.1) is 11.7 Å². The zero-order chi connectivity index (χ0) is 17.5. The van der Waals surface area contributed by atoms with Gasteiger partial charge < -0.3 is 20.0 Å². The topological polar surface area (TPSA) is 115 Å². The van der Waals surface area contributed by atoms with Crippen molar-refractivity contribution in [3.8, 4) is 0 Å². The van der Waals surface area contributed by atoms with Crippen molar-refractivity contribution in [2.75, 3.05) is 26.4 Å². The smallest absolute Gasteiger partial charge is 0.333 e. The van der Waals surface area contributed by atoms with Crippen molar-refractivity contribution < 1.29 is 29.3 Å². The van der Waals surface area contributed by atoms with Gasteiger partial charge in [0.2, 0.25) is 7.37 Å². The zero-order valence-electron chi connectivity index (χ0n) is 13.6. The summed E-state index contributed by atoms with van der Waals surface area (Å²) in [6.45, 7) is 3.60. The summed E-state index contributed by atoms with van der Waals surface area (Å²) in [6.07, 6.45) is 0.0931. The number of aliphatic carboxylic acids is 2. The van der Waals surface area contributed by atoms with Crippen LogP contribution in [0.1, 0.15) is 33.1 Å². The van der Waals surface area contributed by atoms with Crippen LogP contribution >= 0.6 is 7.37 Å². The van der Waals surface area contributed by atoms with E-state index in [9.17, 15) is 24.2 Å². The van der Waals surface area contributed by atoms with Gasteiger partial charge in [-0.1, -0.05) is 13.8 Å². The highest BCUT2D eigenvalue weighted by Crippen LogP contribution is 2.45. The molecule has 3 N–H and O–H groups in total. The fraction of sp³-hybridized carbons (Fsp3) is 0.714. The number of hydrogen-bond donors (Lipinski definition) is 3. The number of carbonyl (C=O) groups is 2.